The van der Waals surface area contributed by atoms with Gasteiger partial charge in [0, 0.05) is 17.4 Å². The molecule has 6 nitrogen and oxygen atoms in total. The molecule has 0 N–H and O–H groups in total. The molecular formula is C18H21N3O3S. The number of likely N-dealkylation sites (tertiary alicyclic amines) is 1. The number of carbonyl (C=O) groups is 1. The lowest BCUT2D eigenvalue weighted by molar-refractivity contribution is -0.129. The van der Waals surface area contributed by atoms with E-state index in [4.69, 9.17) is 9.26 Å². The third-order valence-electron chi connectivity index (χ3n) is 4.66. The van der Waals surface area contributed by atoms with Crippen molar-refractivity contribution < 1.29 is 14.1 Å². The molecule has 0 spiro atoms. The van der Waals surface area contributed by atoms with E-state index in [1.165, 1.54) is 11.8 Å². The van der Waals surface area contributed by atoms with E-state index in [0.717, 1.165) is 48.7 Å². The highest BCUT2D eigenvalue weighted by Crippen LogP contribution is 2.40. The Morgan fingerprint density at radius 1 is 1.40 bits per heavy atom. The van der Waals surface area contributed by atoms with Gasteiger partial charge in [0.25, 0.3) is 0 Å². The fourth-order valence-corrected chi connectivity index (χ4v) is 3.96. The van der Waals surface area contributed by atoms with Crippen LogP contribution in [0.1, 0.15) is 49.4 Å². The van der Waals surface area contributed by atoms with Gasteiger partial charge in [-0.1, -0.05) is 11.2 Å². The van der Waals surface area contributed by atoms with Gasteiger partial charge in [-0.05, 0) is 43.9 Å². The second-order valence-electron chi connectivity index (χ2n) is 6.48. The van der Waals surface area contributed by atoms with E-state index in [-0.39, 0.29) is 11.9 Å². The number of ether oxygens (including phenoxy) is 1. The number of benzene rings is 1. The van der Waals surface area contributed by atoms with E-state index in [2.05, 4.69) is 10.1 Å². The molecule has 1 atom stereocenters. The van der Waals surface area contributed by atoms with Gasteiger partial charge in [0.05, 0.1) is 12.9 Å². The number of aromatic nitrogens is 2. The van der Waals surface area contributed by atoms with Gasteiger partial charge in [-0.2, -0.15) is 4.98 Å². The molecule has 4 rings (SSSR count). The molecule has 2 aromatic rings. The summed E-state index contributed by atoms with van der Waals surface area (Å²) in [6.07, 6.45) is 4.15. The summed E-state index contributed by atoms with van der Waals surface area (Å²) < 4.78 is 10.7. The highest BCUT2D eigenvalue weighted by Gasteiger charge is 2.36. The fraction of sp³-hybridized carbons (Fsp3) is 0.500. The molecule has 0 radical (unpaired) electrons. The molecule has 1 saturated carbocycles. The van der Waals surface area contributed by atoms with E-state index in [1.807, 2.05) is 29.2 Å². The van der Waals surface area contributed by atoms with Gasteiger partial charge in [-0.15, -0.1) is 11.8 Å². The van der Waals surface area contributed by atoms with E-state index in [1.54, 1.807) is 7.11 Å². The fourth-order valence-electron chi connectivity index (χ4n) is 3.13. The number of rotatable bonds is 6. The molecule has 1 amide bonds. The van der Waals surface area contributed by atoms with Gasteiger partial charge in [0.2, 0.25) is 11.8 Å². The summed E-state index contributed by atoms with van der Waals surface area (Å²) in [5.74, 6) is 3.18. The van der Waals surface area contributed by atoms with Crippen molar-refractivity contribution in [1.29, 1.82) is 0 Å². The molecule has 132 valence electrons. The highest BCUT2D eigenvalue weighted by atomic mass is 32.2. The monoisotopic (exact) mass is 359 g/mol. The third-order valence-corrected chi connectivity index (χ3v) is 5.64. The minimum Gasteiger partial charge on any atom is -0.497 e. The molecule has 1 aliphatic carbocycles. The Kier molecular flexibility index (Phi) is 4.65. The number of thioether (sulfide) groups is 1. The summed E-state index contributed by atoms with van der Waals surface area (Å²) in [7, 11) is 1.64. The van der Waals surface area contributed by atoms with Gasteiger partial charge in [0.15, 0.2) is 5.82 Å². The number of methoxy groups -OCH3 is 1. The second kappa shape index (κ2) is 7.07. The maximum absolute atomic E-state index is 12.7. The van der Waals surface area contributed by atoms with Crippen LogP contribution < -0.4 is 4.74 Å². The first-order valence-electron chi connectivity index (χ1n) is 8.64. The summed E-state index contributed by atoms with van der Waals surface area (Å²) in [4.78, 5) is 20.1. The smallest absolute Gasteiger partial charge is 0.249 e. The van der Waals surface area contributed by atoms with Crippen LogP contribution in [0.4, 0.5) is 0 Å². The third kappa shape index (κ3) is 3.66. The predicted molar refractivity (Wildman–Crippen MR) is 93.7 cm³/mol. The second-order valence-corrected chi connectivity index (χ2v) is 7.53. The van der Waals surface area contributed by atoms with Crippen LogP contribution in [0.2, 0.25) is 0 Å². The van der Waals surface area contributed by atoms with Crippen LogP contribution in [0.3, 0.4) is 0 Å². The molecule has 2 aliphatic rings. The van der Waals surface area contributed by atoms with Crippen molar-refractivity contribution in [3.8, 4) is 5.75 Å². The Labute approximate surface area is 150 Å². The predicted octanol–water partition coefficient (Wildman–Crippen LogP) is 3.41. The van der Waals surface area contributed by atoms with Crippen LogP contribution in [0, 0.1) is 0 Å². The van der Waals surface area contributed by atoms with Crippen LogP contribution in [-0.4, -0.2) is 40.4 Å². The van der Waals surface area contributed by atoms with Gasteiger partial charge >= 0.3 is 0 Å². The van der Waals surface area contributed by atoms with E-state index in [0.29, 0.717) is 17.6 Å². The van der Waals surface area contributed by atoms with Crippen molar-refractivity contribution in [3.05, 3.63) is 36.0 Å². The van der Waals surface area contributed by atoms with Crippen molar-refractivity contribution in [2.45, 2.75) is 42.5 Å². The van der Waals surface area contributed by atoms with Gasteiger partial charge in [0.1, 0.15) is 11.8 Å². The summed E-state index contributed by atoms with van der Waals surface area (Å²) in [5.41, 5.74) is 0. The van der Waals surface area contributed by atoms with Crippen molar-refractivity contribution in [2.75, 3.05) is 19.4 Å². The topological polar surface area (TPSA) is 68.5 Å². The lowest BCUT2D eigenvalue weighted by Gasteiger charge is -2.21. The normalized spacial score (nSPS) is 20.0. The maximum Gasteiger partial charge on any atom is 0.249 e. The summed E-state index contributed by atoms with van der Waals surface area (Å²) in [5, 5.41) is 4.09. The zero-order chi connectivity index (χ0) is 17.2. The van der Waals surface area contributed by atoms with Crippen LogP contribution in [0.5, 0.6) is 5.75 Å². The number of hydrogen-bond donors (Lipinski definition) is 0. The van der Waals surface area contributed by atoms with Crippen molar-refractivity contribution in [3.63, 3.8) is 0 Å². The molecule has 1 saturated heterocycles. The minimum absolute atomic E-state index is 0.0709. The first-order chi connectivity index (χ1) is 12.2. The first kappa shape index (κ1) is 16.4. The zero-order valence-electron chi connectivity index (χ0n) is 14.2. The molecule has 2 fully saturated rings. The summed E-state index contributed by atoms with van der Waals surface area (Å²) in [6, 6.07) is 7.69. The van der Waals surface area contributed by atoms with Crippen molar-refractivity contribution in [2.24, 2.45) is 0 Å². The Morgan fingerprint density at radius 3 is 3.08 bits per heavy atom. The lowest BCUT2D eigenvalue weighted by atomic mass is 10.2. The number of hydrogen-bond acceptors (Lipinski definition) is 6. The number of carbonyl (C=O) groups excluding carboxylic acids is 1. The van der Waals surface area contributed by atoms with E-state index < -0.39 is 0 Å². The summed E-state index contributed by atoms with van der Waals surface area (Å²) >= 11 is 1.52. The standard InChI is InChI=1S/C18H21N3O3S/c1-23-13-4-2-5-14(10-13)25-11-16(22)21-9-3-6-15(21)18-19-17(20-24-18)12-7-8-12/h2,4-5,10,12,15H,3,6-9,11H2,1H3/t15-/m0/s1. The van der Waals surface area contributed by atoms with Gasteiger partial charge in [-0.3, -0.25) is 4.79 Å². The Bertz CT molecular complexity index is 760. The van der Waals surface area contributed by atoms with Crippen LogP contribution >= 0.6 is 11.8 Å². The molecule has 0 unspecified atom stereocenters. The Hall–Kier alpha value is -2.02. The van der Waals surface area contributed by atoms with Crippen LogP contribution in [0.25, 0.3) is 0 Å². The number of amides is 1. The molecule has 1 aromatic carbocycles. The molecule has 0 bridgehead atoms. The van der Waals surface area contributed by atoms with E-state index >= 15 is 0 Å². The average molecular weight is 359 g/mol. The quantitative estimate of drug-likeness (QED) is 0.736. The largest absolute Gasteiger partial charge is 0.497 e. The van der Waals surface area contributed by atoms with Crippen LogP contribution in [-0.2, 0) is 4.79 Å². The maximum atomic E-state index is 12.7. The average Bonchev–Trinajstić information content (AvgIpc) is 3.18. The van der Waals surface area contributed by atoms with E-state index in [9.17, 15) is 4.79 Å². The van der Waals surface area contributed by atoms with Gasteiger partial charge < -0.3 is 14.2 Å². The molecule has 7 heteroatoms. The molecule has 25 heavy (non-hydrogen) atoms. The molecule has 1 aromatic heterocycles. The Balaban J connectivity index is 1.39. The summed E-state index contributed by atoms with van der Waals surface area (Å²) in [6.45, 7) is 0.753. The van der Waals surface area contributed by atoms with Crippen LogP contribution in [0.15, 0.2) is 33.7 Å². The lowest BCUT2D eigenvalue weighted by Crippen LogP contribution is -2.32. The Morgan fingerprint density at radius 2 is 2.28 bits per heavy atom. The SMILES string of the molecule is COc1cccc(SCC(=O)N2CCC[C@H]2c2nc(C3CC3)no2)c1. The first-order valence-corrected chi connectivity index (χ1v) is 9.63. The molecule has 1 aliphatic heterocycles. The number of nitrogens with zero attached hydrogens (tertiary/aromatic N) is 3. The molecule has 2 heterocycles. The highest BCUT2D eigenvalue weighted by molar-refractivity contribution is 8.00. The van der Waals surface area contributed by atoms with Crippen molar-refractivity contribution in [1.82, 2.24) is 15.0 Å². The van der Waals surface area contributed by atoms with Crippen molar-refractivity contribution >= 4 is 17.7 Å². The van der Waals surface area contributed by atoms with Gasteiger partial charge in [-0.25, -0.2) is 0 Å². The minimum atomic E-state index is -0.0709. The zero-order valence-corrected chi connectivity index (χ0v) is 15.0. The molecular weight excluding hydrogens is 338 g/mol.